The molecule has 1 unspecified atom stereocenters. The van der Waals surface area contributed by atoms with E-state index in [9.17, 15) is 8.42 Å². The smallest absolute Gasteiger partial charge is 0.262 e. The van der Waals surface area contributed by atoms with Gasteiger partial charge in [0.2, 0.25) is 0 Å². The maximum atomic E-state index is 12.8. The van der Waals surface area contributed by atoms with Crippen molar-refractivity contribution in [3.63, 3.8) is 0 Å². The Balaban J connectivity index is 2.07. The van der Waals surface area contributed by atoms with Crippen LogP contribution in [-0.2, 0) is 22.3 Å². The van der Waals surface area contributed by atoms with Gasteiger partial charge in [0.05, 0.1) is 11.6 Å². The van der Waals surface area contributed by atoms with Crippen LogP contribution in [0.25, 0.3) is 0 Å². The van der Waals surface area contributed by atoms with Crippen molar-refractivity contribution in [2.75, 3.05) is 4.31 Å². The second-order valence-electron chi connectivity index (χ2n) is 4.84. The summed E-state index contributed by atoms with van der Waals surface area (Å²) < 4.78 is 27.6. The maximum Gasteiger partial charge on any atom is 0.274 e. The van der Waals surface area contributed by atoms with E-state index in [1.807, 2.05) is 31.2 Å². The van der Waals surface area contributed by atoms with Gasteiger partial charge < -0.3 is 0 Å². The van der Waals surface area contributed by atoms with Crippen molar-refractivity contribution >= 4 is 38.6 Å². The van der Waals surface area contributed by atoms with Gasteiger partial charge in [-0.1, -0.05) is 18.2 Å². The predicted molar refractivity (Wildman–Crippen MR) is 83.1 cm³/mol. The van der Waals surface area contributed by atoms with E-state index >= 15 is 0 Å². The van der Waals surface area contributed by atoms with Crippen LogP contribution in [0.5, 0.6) is 0 Å². The van der Waals surface area contributed by atoms with Gasteiger partial charge in [0.25, 0.3) is 10.0 Å². The van der Waals surface area contributed by atoms with Gasteiger partial charge in [-0.15, -0.1) is 22.9 Å². The van der Waals surface area contributed by atoms with Crippen molar-refractivity contribution in [3.8, 4) is 0 Å². The Labute approximate surface area is 127 Å². The van der Waals surface area contributed by atoms with Gasteiger partial charge >= 0.3 is 0 Å². The molecule has 1 aromatic heterocycles. The summed E-state index contributed by atoms with van der Waals surface area (Å²) >= 11 is 7.00. The van der Waals surface area contributed by atoms with E-state index in [2.05, 4.69) is 0 Å². The molecule has 0 spiro atoms. The van der Waals surface area contributed by atoms with E-state index in [4.69, 9.17) is 11.6 Å². The molecule has 6 heteroatoms. The lowest BCUT2D eigenvalue weighted by atomic mass is 10.1. The molecule has 1 aliphatic rings. The third-order valence-corrected chi connectivity index (χ3v) is 7.35. The first-order valence-corrected chi connectivity index (χ1v) is 9.10. The van der Waals surface area contributed by atoms with Crippen molar-refractivity contribution < 1.29 is 8.42 Å². The topological polar surface area (TPSA) is 37.4 Å². The summed E-state index contributed by atoms with van der Waals surface area (Å²) in [6, 6.07) is 11.0. The molecule has 0 amide bonds. The number of rotatable bonds is 3. The Morgan fingerprint density at radius 3 is 2.75 bits per heavy atom. The number of nitrogens with zero attached hydrogens (tertiary/aromatic N) is 1. The van der Waals surface area contributed by atoms with Gasteiger partial charge in [0.15, 0.2) is 0 Å². The number of hydrogen-bond donors (Lipinski definition) is 0. The van der Waals surface area contributed by atoms with E-state index in [1.54, 1.807) is 12.1 Å². The number of fused-ring (bicyclic) bond motifs is 1. The van der Waals surface area contributed by atoms with E-state index in [0.29, 0.717) is 10.1 Å². The number of para-hydroxylation sites is 1. The van der Waals surface area contributed by atoms with Gasteiger partial charge in [-0.2, -0.15) is 0 Å². The van der Waals surface area contributed by atoms with Crippen molar-refractivity contribution in [1.82, 2.24) is 0 Å². The van der Waals surface area contributed by atoms with E-state index in [-0.39, 0.29) is 6.04 Å². The molecule has 2 aromatic rings. The molecule has 3 rings (SSSR count). The van der Waals surface area contributed by atoms with Crippen LogP contribution in [-0.4, -0.2) is 14.5 Å². The monoisotopic (exact) mass is 327 g/mol. The second-order valence-corrected chi connectivity index (χ2v) is 8.31. The second kappa shape index (κ2) is 5.06. The number of sulfonamides is 1. The fourth-order valence-electron chi connectivity index (χ4n) is 2.57. The maximum absolute atomic E-state index is 12.8. The molecule has 20 heavy (non-hydrogen) atoms. The van der Waals surface area contributed by atoms with Crippen LogP contribution in [0.2, 0.25) is 0 Å². The molecule has 0 saturated carbocycles. The van der Waals surface area contributed by atoms with E-state index < -0.39 is 10.0 Å². The van der Waals surface area contributed by atoms with Crippen LogP contribution >= 0.6 is 22.9 Å². The van der Waals surface area contributed by atoms with Gasteiger partial charge in [0, 0.05) is 10.9 Å². The Hall–Kier alpha value is -1.04. The fourth-order valence-corrected chi connectivity index (χ4v) is 5.81. The van der Waals surface area contributed by atoms with Crippen molar-refractivity contribution in [1.29, 1.82) is 0 Å². The lowest BCUT2D eigenvalue weighted by Gasteiger charge is -2.23. The van der Waals surface area contributed by atoms with Crippen molar-refractivity contribution in [2.24, 2.45) is 0 Å². The van der Waals surface area contributed by atoms with Crippen LogP contribution in [0.4, 0.5) is 5.69 Å². The molecule has 0 bridgehead atoms. The summed E-state index contributed by atoms with van der Waals surface area (Å²) in [5, 5.41) is 0. The summed E-state index contributed by atoms with van der Waals surface area (Å²) in [5.41, 5.74) is 1.87. The number of alkyl halides is 1. The quantitative estimate of drug-likeness (QED) is 0.807. The van der Waals surface area contributed by atoms with Crippen LogP contribution in [0.15, 0.2) is 40.6 Å². The lowest BCUT2D eigenvalue weighted by Crippen LogP contribution is -2.35. The molecule has 0 saturated heterocycles. The molecule has 0 N–H and O–H groups in total. The minimum atomic E-state index is -3.50. The Bertz CT molecular complexity index is 739. The minimum Gasteiger partial charge on any atom is -0.262 e. The average molecular weight is 328 g/mol. The molecule has 0 aliphatic carbocycles. The van der Waals surface area contributed by atoms with Gasteiger partial charge in [0.1, 0.15) is 4.21 Å². The molecule has 1 aliphatic heterocycles. The molecular formula is C14H14ClNO2S2. The third kappa shape index (κ3) is 2.14. The van der Waals surface area contributed by atoms with Crippen LogP contribution < -0.4 is 4.31 Å². The molecule has 0 fully saturated rings. The zero-order valence-electron chi connectivity index (χ0n) is 10.9. The normalized spacial score (nSPS) is 18.3. The number of thiophene rings is 1. The largest absolute Gasteiger partial charge is 0.274 e. The first kappa shape index (κ1) is 13.9. The number of benzene rings is 1. The summed E-state index contributed by atoms with van der Waals surface area (Å²) in [6.07, 6.45) is 0.753. The molecule has 0 radical (unpaired) electrons. The van der Waals surface area contributed by atoms with Crippen molar-refractivity contribution in [2.45, 2.75) is 29.5 Å². The number of anilines is 1. The fraction of sp³-hybridized carbons (Fsp3) is 0.286. The molecule has 2 heterocycles. The zero-order valence-corrected chi connectivity index (χ0v) is 13.3. The van der Waals surface area contributed by atoms with E-state index in [1.165, 1.54) is 15.6 Å². The Kier molecular flexibility index (Phi) is 3.52. The molecule has 3 nitrogen and oxygen atoms in total. The van der Waals surface area contributed by atoms with E-state index in [0.717, 1.165) is 22.5 Å². The highest BCUT2D eigenvalue weighted by Crippen LogP contribution is 2.38. The summed E-state index contributed by atoms with van der Waals surface area (Å²) in [7, 11) is -3.50. The van der Waals surface area contributed by atoms with Gasteiger partial charge in [-0.3, -0.25) is 4.31 Å². The number of halogens is 1. The third-order valence-electron chi connectivity index (χ3n) is 3.43. The molecular weight excluding hydrogens is 314 g/mol. The predicted octanol–water partition coefficient (Wildman–Crippen LogP) is 3.63. The molecule has 1 aromatic carbocycles. The first-order chi connectivity index (χ1) is 9.54. The average Bonchev–Trinajstić information content (AvgIpc) is 3.01. The zero-order chi connectivity index (χ0) is 14.3. The van der Waals surface area contributed by atoms with Crippen LogP contribution in [0.1, 0.15) is 17.4 Å². The van der Waals surface area contributed by atoms with Crippen molar-refractivity contribution in [3.05, 3.63) is 46.8 Å². The molecule has 1 atom stereocenters. The Morgan fingerprint density at radius 1 is 1.30 bits per heavy atom. The number of hydrogen-bond acceptors (Lipinski definition) is 3. The first-order valence-electron chi connectivity index (χ1n) is 6.31. The van der Waals surface area contributed by atoms with Gasteiger partial charge in [-0.25, -0.2) is 8.42 Å². The standard InChI is InChI=1S/C14H14ClNO2S2/c1-10-8-11-4-2-3-5-13(11)16(10)20(17,18)14-7-6-12(9-15)19-14/h2-7,10H,8-9H2,1H3. The highest BCUT2D eigenvalue weighted by Gasteiger charge is 2.36. The highest BCUT2D eigenvalue weighted by molar-refractivity contribution is 7.94. The van der Waals surface area contributed by atoms with Gasteiger partial charge in [-0.05, 0) is 37.1 Å². The van der Waals surface area contributed by atoms with Crippen LogP contribution in [0.3, 0.4) is 0 Å². The Morgan fingerprint density at radius 2 is 2.05 bits per heavy atom. The highest BCUT2D eigenvalue weighted by atomic mass is 35.5. The molecule has 106 valence electrons. The SMILES string of the molecule is CC1Cc2ccccc2N1S(=O)(=O)c1ccc(CCl)s1. The summed E-state index contributed by atoms with van der Waals surface area (Å²) in [4.78, 5) is 0.866. The van der Waals surface area contributed by atoms with Crippen LogP contribution in [0, 0.1) is 0 Å². The minimum absolute atomic E-state index is 0.0565. The summed E-state index contributed by atoms with van der Waals surface area (Å²) in [5.74, 6) is 0.340. The lowest BCUT2D eigenvalue weighted by molar-refractivity contribution is 0.586. The summed E-state index contributed by atoms with van der Waals surface area (Å²) in [6.45, 7) is 1.94.